The van der Waals surface area contributed by atoms with E-state index in [0.717, 1.165) is 12.8 Å². The predicted molar refractivity (Wildman–Crippen MR) is 78.2 cm³/mol. The number of hydrogen-bond donors (Lipinski definition) is 0. The molecule has 2 bridgehead atoms. The second kappa shape index (κ2) is 3.83. The molecule has 2 aromatic rings. The quantitative estimate of drug-likeness (QED) is 0.813. The standard InChI is InChI=1S/C15H17ClN4O/c1-14(2)8-4-5-15(14,3)12(21)11(8)13-19-18-10-7-17-6-9(16)20(10)13/h6-8,11H,4-5H2,1-3H3/t8-,11+,15+/m1/s1. The summed E-state index contributed by atoms with van der Waals surface area (Å²) in [6.07, 6.45) is 5.20. The van der Waals surface area contributed by atoms with Crippen molar-refractivity contribution in [3.05, 3.63) is 23.4 Å². The lowest BCUT2D eigenvalue weighted by Gasteiger charge is -2.32. The van der Waals surface area contributed by atoms with Crippen LogP contribution in [0.4, 0.5) is 0 Å². The van der Waals surface area contributed by atoms with Crippen LogP contribution in [-0.2, 0) is 4.79 Å². The van der Waals surface area contributed by atoms with Crippen LogP contribution >= 0.6 is 11.6 Å². The van der Waals surface area contributed by atoms with Gasteiger partial charge in [-0.2, -0.15) is 0 Å². The lowest BCUT2D eigenvalue weighted by atomic mass is 9.70. The minimum atomic E-state index is -0.270. The zero-order valence-electron chi connectivity index (χ0n) is 12.3. The van der Waals surface area contributed by atoms with Gasteiger partial charge in [0.05, 0.1) is 18.3 Å². The Kier molecular flexibility index (Phi) is 2.40. The number of Topliss-reactive ketones (excluding diaryl/α,β-unsaturated/α-hetero) is 1. The molecule has 3 atom stereocenters. The molecule has 4 rings (SSSR count). The summed E-state index contributed by atoms with van der Waals surface area (Å²) in [5, 5.41) is 8.85. The molecule has 2 aliphatic rings. The first-order valence-corrected chi connectivity index (χ1v) is 7.64. The van der Waals surface area contributed by atoms with Crippen LogP contribution < -0.4 is 0 Å². The Labute approximate surface area is 127 Å². The molecular formula is C15H17ClN4O. The van der Waals surface area contributed by atoms with E-state index in [9.17, 15) is 4.79 Å². The van der Waals surface area contributed by atoms with Crippen LogP contribution in [0, 0.1) is 16.7 Å². The van der Waals surface area contributed by atoms with Crippen LogP contribution in [0.2, 0.25) is 5.15 Å². The van der Waals surface area contributed by atoms with Gasteiger partial charge in [0.1, 0.15) is 16.8 Å². The average molecular weight is 305 g/mol. The third kappa shape index (κ3) is 1.38. The first kappa shape index (κ1) is 13.2. The highest BCUT2D eigenvalue weighted by molar-refractivity contribution is 6.29. The van der Waals surface area contributed by atoms with Gasteiger partial charge in [-0.1, -0.05) is 32.4 Å². The molecule has 2 fully saturated rings. The van der Waals surface area contributed by atoms with Gasteiger partial charge in [0.15, 0.2) is 5.65 Å². The summed E-state index contributed by atoms with van der Waals surface area (Å²) in [4.78, 5) is 17.0. The minimum Gasteiger partial charge on any atom is -0.298 e. The van der Waals surface area contributed by atoms with Crippen molar-refractivity contribution in [1.29, 1.82) is 0 Å². The number of carbonyl (C=O) groups is 1. The molecule has 0 unspecified atom stereocenters. The number of rotatable bonds is 1. The van der Waals surface area contributed by atoms with Gasteiger partial charge < -0.3 is 0 Å². The Morgan fingerprint density at radius 1 is 1.29 bits per heavy atom. The summed E-state index contributed by atoms with van der Waals surface area (Å²) in [6, 6.07) is 0. The zero-order valence-corrected chi connectivity index (χ0v) is 13.1. The highest BCUT2D eigenvalue weighted by Crippen LogP contribution is 2.67. The van der Waals surface area contributed by atoms with E-state index in [4.69, 9.17) is 11.6 Å². The van der Waals surface area contributed by atoms with E-state index in [0.29, 0.717) is 22.5 Å². The van der Waals surface area contributed by atoms with Gasteiger partial charge in [-0.3, -0.25) is 14.2 Å². The van der Waals surface area contributed by atoms with Crippen LogP contribution in [0.25, 0.3) is 5.65 Å². The Balaban J connectivity index is 1.93. The molecule has 0 saturated heterocycles. The lowest BCUT2D eigenvalue weighted by molar-refractivity contribution is -0.129. The van der Waals surface area contributed by atoms with Crippen molar-refractivity contribution < 1.29 is 4.79 Å². The number of nitrogens with zero attached hydrogens (tertiary/aromatic N) is 4. The Bertz CT molecular complexity index is 768. The van der Waals surface area contributed by atoms with Crippen LogP contribution in [0.1, 0.15) is 45.4 Å². The molecule has 0 amide bonds. The first-order chi connectivity index (χ1) is 9.88. The fourth-order valence-corrected chi connectivity index (χ4v) is 4.65. The van der Waals surface area contributed by atoms with Gasteiger partial charge in [0.2, 0.25) is 0 Å². The molecule has 2 aromatic heterocycles. The van der Waals surface area contributed by atoms with Gasteiger partial charge in [0.25, 0.3) is 0 Å². The van der Waals surface area contributed by atoms with Crippen molar-refractivity contribution in [2.75, 3.05) is 0 Å². The number of halogens is 1. The van der Waals surface area contributed by atoms with E-state index in [1.807, 2.05) is 0 Å². The SMILES string of the molecule is CC1(C)[C@@H]2CC[C@@]1(C)C(=O)[C@H]2c1nnc2cncc(Cl)n12. The molecule has 21 heavy (non-hydrogen) atoms. The molecule has 0 radical (unpaired) electrons. The topological polar surface area (TPSA) is 60.2 Å². The summed E-state index contributed by atoms with van der Waals surface area (Å²) in [6.45, 7) is 6.51. The average Bonchev–Trinajstić information content (AvgIpc) is 2.99. The van der Waals surface area contributed by atoms with Crippen molar-refractivity contribution in [3.8, 4) is 0 Å². The number of ketones is 1. The van der Waals surface area contributed by atoms with E-state index in [1.54, 1.807) is 16.8 Å². The highest BCUT2D eigenvalue weighted by Gasteiger charge is 2.67. The maximum Gasteiger partial charge on any atom is 0.180 e. The molecule has 2 aliphatic carbocycles. The Morgan fingerprint density at radius 2 is 2.05 bits per heavy atom. The largest absolute Gasteiger partial charge is 0.298 e. The van der Waals surface area contributed by atoms with Gasteiger partial charge in [0, 0.05) is 5.41 Å². The normalized spacial score (nSPS) is 34.0. The molecule has 6 heteroatoms. The van der Waals surface area contributed by atoms with Crippen LogP contribution in [0.5, 0.6) is 0 Å². The third-order valence-corrected chi connectivity index (χ3v) is 6.38. The Hall–Kier alpha value is -1.49. The summed E-state index contributed by atoms with van der Waals surface area (Å²) in [5.74, 6) is 1.04. The fraction of sp³-hybridized carbons (Fsp3) is 0.600. The number of carbonyl (C=O) groups excluding carboxylic acids is 1. The molecule has 2 heterocycles. The van der Waals surface area contributed by atoms with Crippen molar-refractivity contribution in [2.45, 2.75) is 39.5 Å². The summed E-state index contributed by atoms with van der Waals surface area (Å²) < 4.78 is 1.76. The Morgan fingerprint density at radius 3 is 2.71 bits per heavy atom. The van der Waals surface area contributed by atoms with Gasteiger partial charge in [-0.15, -0.1) is 10.2 Å². The smallest absolute Gasteiger partial charge is 0.180 e. The second-order valence-electron chi connectivity index (χ2n) is 7.02. The number of fused-ring (bicyclic) bond motifs is 3. The zero-order chi connectivity index (χ0) is 15.0. The predicted octanol–water partition coefficient (Wildman–Crippen LogP) is 2.89. The molecule has 0 aromatic carbocycles. The van der Waals surface area contributed by atoms with E-state index < -0.39 is 0 Å². The molecule has 2 saturated carbocycles. The molecule has 5 nitrogen and oxygen atoms in total. The minimum absolute atomic E-state index is 0.0138. The monoisotopic (exact) mass is 304 g/mol. The number of hydrogen-bond acceptors (Lipinski definition) is 4. The van der Waals surface area contributed by atoms with Crippen molar-refractivity contribution >= 4 is 23.0 Å². The van der Waals surface area contributed by atoms with E-state index in [1.165, 1.54) is 0 Å². The van der Waals surface area contributed by atoms with Crippen molar-refractivity contribution in [2.24, 2.45) is 16.7 Å². The van der Waals surface area contributed by atoms with Crippen molar-refractivity contribution in [3.63, 3.8) is 0 Å². The number of aromatic nitrogens is 4. The van der Waals surface area contributed by atoms with Crippen LogP contribution in [-0.4, -0.2) is 25.4 Å². The molecule has 0 aliphatic heterocycles. The summed E-state index contributed by atoms with van der Waals surface area (Å²) in [5.41, 5.74) is 0.310. The van der Waals surface area contributed by atoms with Gasteiger partial charge in [-0.25, -0.2) is 0 Å². The maximum atomic E-state index is 13.0. The first-order valence-electron chi connectivity index (χ1n) is 7.27. The van der Waals surface area contributed by atoms with E-state index >= 15 is 0 Å². The molecule has 0 N–H and O–H groups in total. The lowest BCUT2D eigenvalue weighted by Crippen LogP contribution is -2.33. The van der Waals surface area contributed by atoms with Crippen LogP contribution in [0.3, 0.4) is 0 Å². The summed E-state index contributed by atoms with van der Waals surface area (Å²) in [7, 11) is 0. The van der Waals surface area contributed by atoms with Crippen molar-refractivity contribution in [1.82, 2.24) is 19.6 Å². The summed E-state index contributed by atoms with van der Waals surface area (Å²) >= 11 is 6.25. The third-order valence-electron chi connectivity index (χ3n) is 6.11. The molecule has 110 valence electrons. The van der Waals surface area contributed by atoms with Gasteiger partial charge in [-0.05, 0) is 24.2 Å². The van der Waals surface area contributed by atoms with Crippen LogP contribution in [0.15, 0.2) is 12.4 Å². The second-order valence-corrected chi connectivity index (χ2v) is 7.41. The van der Waals surface area contributed by atoms with Gasteiger partial charge >= 0.3 is 0 Å². The fourth-order valence-electron chi connectivity index (χ4n) is 4.42. The van der Waals surface area contributed by atoms with E-state index in [-0.39, 0.29) is 22.5 Å². The maximum absolute atomic E-state index is 13.0. The van der Waals surface area contributed by atoms with E-state index in [2.05, 4.69) is 36.0 Å². The highest BCUT2D eigenvalue weighted by atomic mass is 35.5. The molecular weight excluding hydrogens is 288 g/mol. The molecule has 0 spiro atoms.